The maximum Gasteiger partial charge on any atom is 0.274 e. The third-order valence-corrected chi connectivity index (χ3v) is 6.66. The molecule has 2 aromatic heterocycles. The monoisotopic (exact) mass is 414 g/mol. The van der Waals surface area contributed by atoms with Gasteiger partial charge in [-0.2, -0.15) is 0 Å². The van der Waals surface area contributed by atoms with Crippen molar-refractivity contribution in [3.63, 3.8) is 0 Å². The van der Waals surface area contributed by atoms with Crippen molar-refractivity contribution in [1.29, 1.82) is 0 Å². The van der Waals surface area contributed by atoms with Crippen molar-refractivity contribution in [2.24, 2.45) is 11.8 Å². The lowest BCUT2D eigenvalue weighted by Crippen LogP contribution is -2.52. The fraction of sp³-hybridized carbons (Fsp3) is 0.696. The van der Waals surface area contributed by atoms with Crippen LogP contribution in [0, 0.1) is 18.8 Å². The lowest BCUT2D eigenvalue weighted by Gasteiger charge is -2.45. The van der Waals surface area contributed by atoms with Gasteiger partial charge in [-0.15, -0.1) is 0 Å². The molecule has 0 aliphatic heterocycles. The van der Waals surface area contributed by atoms with Crippen molar-refractivity contribution in [2.45, 2.75) is 77.5 Å². The summed E-state index contributed by atoms with van der Waals surface area (Å²) in [5.41, 5.74) is 2.79. The van der Waals surface area contributed by atoms with Crippen molar-refractivity contribution < 1.29 is 14.3 Å². The molecular weight excluding hydrogens is 380 g/mol. The second kappa shape index (κ2) is 9.43. The van der Waals surface area contributed by atoms with Crippen LogP contribution < -0.4 is 5.32 Å². The van der Waals surface area contributed by atoms with E-state index in [0.717, 1.165) is 56.5 Å². The summed E-state index contributed by atoms with van der Waals surface area (Å²) in [7, 11) is 1.66. The average molecular weight is 415 g/mol. The lowest BCUT2D eigenvalue weighted by molar-refractivity contribution is -0.0329. The molecule has 0 radical (unpaired) electrons. The number of carbonyl (C=O) groups excluding carboxylic acids is 1. The summed E-state index contributed by atoms with van der Waals surface area (Å²) < 4.78 is 13.3. The van der Waals surface area contributed by atoms with Gasteiger partial charge in [0.05, 0.1) is 18.4 Å². The van der Waals surface area contributed by atoms with Gasteiger partial charge in [-0.05, 0) is 56.9 Å². The van der Waals surface area contributed by atoms with Crippen molar-refractivity contribution in [3.8, 4) is 0 Å². The molecule has 7 heteroatoms. The first-order chi connectivity index (χ1) is 14.6. The Hall–Kier alpha value is -1.99. The molecule has 4 atom stereocenters. The number of imidazole rings is 1. The Morgan fingerprint density at radius 2 is 2.07 bits per heavy atom. The van der Waals surface area contributed by atoms with E-state index in [2.05, 4.69) is 22.2 Å². The summed E-state index contributed by atoms with van der Waals surface area (Å²) in [6, 6.07) is 2.17. The van der Waals surface area contributed by atoms with Crippen molar-refractivity contribution in [3.05, 3.63) is 29.5 Å². The fourth-order valence-corrected chi connectivity index (χ4v) is 5.26. The molecule has 2 bridgehead atoms. The first-order valence-corrected chi connectivity index (χ1v) is 11.4. The van der Waals surface area contributed by atoms with Gasteiger partial charge in [-0.3, -0.25) is 9.20 Å². The van der Waals surface area contributed by atoms with Crippen molar-refractivity contribution in [1.82, 2.24) is 19.7 Å². The number of fused-ring (bicyclic) bond motifs is 3. The second-order valence-electron chi connectivity index (χ2n) is 8.88. The number of hydrogen-bond acceptors (Lipinski definition) is 5. The number of aromatic nitrogens is 3. The van der Waals surface area contributed by atoms with Gasteiger partial charge >= 0.3 is 0 Å². The zero-order chi connectivity index (χ0) is 21.1. The molecule has 4 rings (SSSR count). The molecule has 2 saturated carbocycles. The van der Waals surface area contributed by atoms with E-state index >= 15 is 0 Å². The third kappa shape index (κ3) is 4.37. The Labute approximate surface area is 178 Å². The van der Waals surface area contributed by atoms with Crippen LogP contribution in [0.2, 0.25) is 0 Å². The molecule has 2 aliphatic carbocycles. The molecule has 30 heavy (non-hydrogen) atoms. The quantitative estimate of drug-likeness (QED) is 0.667. The smallest absolute Gasteiger partial charge is 0.274 e. The predicted molar refractivity (Wildman–Crippen MR) is 114 cm³/mol. The number of amides is 1. The summed E-state index contributed by atoms with van der Waals surface area (Å²) in [6.07, 6.45) is 9.96. The zero-order valence-corrected chi connectivity index (χ0v) is 18.4. The predicted octanol–water partition coefficient (Wildman–Crippen LogP) is 3.68. The number of nitrogens with zero attached hydrogens (tertiary/aromatic N) is 3. The molecule has 0 saturated heterocycles. The van der Waals surface area contributed by atoms with E-state index in [1.807, 2.05) is 17.4 Å². The normalized spacial score (nSPS) is 26.1. The van der Waals surface area contributed by atoms with Gasteiger partial charge in [-0.25, -0.2) is 9.97 Å². The average Bonchev–Trinajstić information content (AvgIpc) is 3.13. The van der Waals surface area contributed by atoms with Crippen LogP contribution >= 0.6 is 0 Å². The van der Waals surface area contributed by atoms with Crippen LogP contribution in [-0.4, -0.2) is 46.1 Å². The highest BCUT2D eigenvalue weighted by Crippen LogP contribution is 2.41. The minimum atomic E-state index is -0.119. The van der Waals surface area contributed by atoms with Crippen LogP contribution in [0.25, 0.3) is 5.65 Å². The van der Waals surface area contributed by atoms with Gasteiger partial charge in [0.25, 0.3) is 5.91 Å². The van der Waals surface area contributed by atoms with Gasteiger partial charge < -0.3 is 14.8 Å². The highest BCUT2D eigenvalue weighted by molar-refractivity contribution is 5.98. The number of methoxy groups -OCH3 is 1. The molecule has 2 fully saturated rings. The molecule has 2 aliphatic rings. The van der Waals surface area contributed by atoms with E-state index in [9.17, 15) is 4.79 Å². The molecule has 0 spiro atoms. The molecule has 2 heterocycles. The maximum absolute atomic E-state index is 13.2. The second-order valence-corrected chi connectivity index (χ2v) is 8.88. The third-order valence-electron chi connectivity index (χ3n) is 6.66. The summed E-state index contributed by atoms with van der Waals surface area (Å²) in [6.45, 7) is 5.42. The topological polar surface area (TPSA) is 77.8 Å². The Kier molecular flexibility index (Phi) is 6.68. The molecule has 164 valence electrons. The molecule has 1 amide bonds. The maximum atomic E-state index is 13.2. The highest BCUT2D eigenvalue weighted by atomic mass is 16.5. The van der Waals surface area contributed by atoms with Crippen LogP contribution in [0.5, 0.6) is 0 Å². The van der Waals surface area contributed by atoms with Crippen LogP contribution in [0.15, 0.2) is 12.4 Å². The van der Waals surface area contributed by atoms with Crippen LogP contribution in [0.1, 0.15) is 73.7 Å². The minimum Gasteiger partial charge on any atom is -0.378 e. The standard InChI is InChI=1S/C23H34N4O3/c1-4-5-9-30-19-11-16-7-6-8-17(12-19)20(16)26-23(28)21-22-25-15(2)10-18(13-29-3)27(22)14-24-21/h10,14,16-17,19-20H,4-9,11-13H2,1-3H3,(H,26,28)/t16-,17+,19+,20-. The molecule has 7 nitrogen and oxygen atoms in total. The number of unbranched alkanes of at least 4 members (excludes halogenated alkanes) is 1. The van der Waals surface area contributed by atoms with Crippen LogP contribution in [0.3, 0.4) is 0 Å². The number of nitrogens with one attached hydrogen (secondary N) is 1. The Balaban J connectivity index is 1.49. The number of rotatable bonds is 8. The summed E-state index contributed by atoms with van der Waals surface area (Å²) in [5, 5.41) is 3.33. The van der Waals surface area contributed by atoms with Gasteiger partial charge in [-0.1, -0.05) is 19.8 Å². The molecule has 0 unspecified atom stereocenters. The van der Waals surface area contributed by atoms with E-state index < -0.39 is 0 Å². The first kappa shape index (κ1) is 21.2. The Morgan fingerprint density at radius 3 is 2.77 bits per heavy atom. The summed E-state index contributed by atoms with van der Waals surface area (Å²) >= 11 is 0. The first-order valence-electron chi connectivity index (χ1n) is 11.4. The van der Waals surface area contributed by atoms with Crippen LogP contribution in [-0.2, 0) is 16.1 Å². The molecule has 1 N–H and O–H groups in total. The van der Waals surface area contributed by atoms with Crippen molar-refractivity contribution in [2.75, 3.05) is 13.7 Å². The Bertz CT molecular complexity index is 867. The van der Waals surface area contributed by atoms with Gasteiger partial charge in [0.1, 0.15) is 6.33 Å². The zero-order valence-electron chi connectivity index (χ0n) is 18.4. The van der Waals surface area contributed by atoms with Crippen LogP contribution in [0.4, 0.5) is 0 Å². The summed E-state index contributed by atoms with van der Waals surface area (Å²) in [5.74, 6) is 0.854. The SMILES string of the molecule is CCCCO[C@H]1C[C@H]2CCC[C@@H](C1)[C@@H]2NC(=O)c1ncn2c(COC)cc(C)nc12. The molecular formula is C23H34N4O3. The van der Waals surface area contributed by atoms with Gasteiger partial charge in [0, 0.05) is 25.5 Å². The van der Waals surface area contributed by atoms with Crippen molar-refractivity contribution >= 4 is 11.6 Å². The fourth-order valence-electron chi connectivity index (χ4n) is 5.26. The number of aryl methyl sites for hydroxylation is 1. The minimum absolute atomic E-state index is 0.119. The largest absolute Gasteiger partial charge is 0.378 e. The number of carbonyl (C=O) groups is 1. The van der Waals surface area contributed by atoms with Gasteiger partial charge in [0.15, 0.2) is 11.3 Å². The van der Waals surface area contributed by atoms with E-state index in [1.54, 1.807) is 13.4 Å². The van der Waals surface area contributed by atoms with E-state index in [4.69, 9.17) is 9.47 Å². The van der Waals surface area contributed by atoms with E-state index in [-0.39, 0.29) is 11.9 Å². The van der Waals surface area contributed by atoms with E-state index in [1.165, 1.54) is 6.42 Å². The Morgan fingerprint density at radius 1 is 1.30 bits per heavy atom. The molecule has 0 aromatic carbocycles. The lowest BCUT2D eigenvalue weighted by atomic mass is 9.67. The van der Waals surface area contributed by atoms with E-state index in [0.29, 0.717) is 35.9 Å². The molecule has 2 aromatic rings. The number of hydrogen-bond donors (Lipinski definition) is 1. The summed E-state index contributed by atoms with van der Waals surface area (Å²) in [4.78, 5) is 22.2. The number of ether oxygens (including phenoxy) is 2. The van der Waals surface area contributed by atoms with Gasteiger partial charge in [0.2, 0.25) is 0 Å². The highest BCUT2D eigenvalue weighted by Gasteiger charge is 2.41.